The highest BCUT2D eigenvalue weighted by molar-refractivity contribution is 7.99. The largest absolute Gasteiger partial charge is 0.398 e. The third-order valence-electron chi connectivity index (χ3n) is 2.83. The van der Waals surface area contributed by atoms with Gasteiger partial charge < -0.3 is 11.1 Å². The van der Waals surface area contributed by atoms with Gasteiger partial charge in [0, 0.05) is 17.3 Å². The number of hydrogen-bond acceptors (Lipinski definition) is 3. The normalized spacial score (nSPS) is 19.2. The Morgan fingerprint density at radius 1 is 1.59 bits per heavy atom. The van der Waals surface area contributed by atoms with Gasteiger partial charge in [-0.15, -0.1) is 0 Å². The molecule has 92 valence electrons. The van der Waals surface area contributed by atoms with E-state index in [1.54, 1.807) is 18.2 Å². The molecule has 3 N–H and O–H groups in total. The van der Waals surface area contributed by atoms with E-state index in [9.17, 15) is 4.79 Å². The number of carbonyl (C=O) groups is 1. The first kappa shape index (κ1) is 12.6. The van der Waals surface area contributed by atoms with Gasteiger partial charge in [-0.1, -0.05) is 11.6 Å². The van der Waals surface area contributed by atoms with Crippen LogP contribution in [0.1, 0.15) is 16.8 Å². The summed E-state index contributed by atoms with van der Waals surface area (Å²) in [5.41, 5.74) is 6.68. The van der Waals surface area contributed by atoms with Crippen molar-refractivity contribution in [2.24, 2.45) is 5.92 Å². The maximum atomic E-state index is 11.9. The number of nitrogens with two attached hydrogens (primary N) is 1. The van der Waals surface area contributed by atoms with Crippen LogP contribution in [0.15, 0.2) is 18.2 Å². The molecule has 1 aliphatic heterocycles. The second-order valence-corrected chi connectivity index (χ2v) is 5.76. The predicted octanol–water partition coefficient (Wildman–Crippen LogP) is 2.41. The Kier molecular flexibility index (Phi) is 4.18. The summed E-state index contributed by atoms with van der Waals surface area (Å²) >= 11 is 7.73. The van der Waals surface area contributed by atoms with Crippen molar-refractivity contribution in [2.45, 2.75) is 6.42 Å². The summed E-state index contributed by atoms with van der Waals surface area (Å²) < 4.78 is 0. The molecule has 2 rings (SSSR count). The van der Waals surface area contributed by atoms with Gasteiger partial charge in [0.25, 0.3) is 5.91 Å². The van der Waals surface area contributed by atoms with Gasteiger partial charge in [-0.3, -0.25) is 4.79 Å². The molecule has 1 saturated heterocycles. The molecule has 0 aliphatic carbocycles. The lowest BCUT2D eigenvalue weighted by Crippen LogP contribution is -2.29. The quantitative estimate of drug-likeness (QED) is 0.830. The second kappa shape index (κ2) is 5.65. The summed E-state index contributed by atoms with van der Waals surface area (Å²) in [7, 11) is 0. The minimum absolute atomic E-state index is 0.115. The van der Waals surface area contributed by atoms with Crippen molar-refractivity contribution in [3.05, 3.63) is 28.8 Å². The highest BCUT2D eigenvalue weighted by atomic mass is 35.5. The van der Waals surface area contributed by atoms with Gasteiger partial charge in [-0.2, -0.15) is 11.8 Å². The van der Waals surface area contributed by atoms with Crippen molar-refractivity contribution in [2.75, 3.05) is 23.8 Å². The van der Waals surface area contributed by atoms with Crippen LogP contribution in [0.2, 0.25) is 5.02 Å². The third kappa shape index (κ3) is 3.30. The molecule has 0 aromatic heterocycles. The van der Waals surface area contributed by atoms with Gasteiger partial charge in [-0.25, -0.2) is 0 Å². The Hall–Kier alpha value is -0.870. The van der Waals surface area contributed by atoms with Crippen LogP contribution < -0.4 is 11.1 Å². The Labute approximate surface area is 110 Å². The molecule has 5 heteroatoms. The molecule has 1 fully saturated rings. The molecule has 1 aromatic rings. The zero-order valence-corrected chi connectivity index (χ0v) is 11.0. The number of halogens is 1. The van der Waals surface area contributed by atoms with Gasteiger partial charge in [0.15, 0.2) is 0 Å². The van der Waals surface area contributed by atoms with Gasteiger partial charge >= 0.3 is 0 Å². The van der Waals surface area contributed by atoms with E-state index in [0.717, 1.165) is 12.3 Å². The highest BCUT2D eigenvalue weighted by Gasteiger charge is 2.17. The first-order valence-corrected chi connectivity index (χ1v) is 7.11. The van der Waals surface area contributed by atoms with Crippen molar-refractivity contribution in [1.82, 2.24) is 5.32 Å². The van der Waals surface area contributed by atoms with Crippen LogP contribution in [-0.4, -0.2) is 24.0 Å². The minimum Gasteiger partial charge on any atom is -0.398 e. The van der Waals surface area contributed by atoms with E-state index in [0.29, 0.717) is 22.2 Å². The Morgan fingerprint density at radius 2 is 2.41 bits per heavy atom. The maximum absolute atomic E-state index is 11.9. The summed E-state index contributed by atoms with van der Waals surface area (Å²) in [5.74, 6) is 2.81. The van der Waals surface area contributed by atoms with E-state index in [-0.39, 0.29) is 5.91 Å². The van der Waals surface area contributed by atoms with Crippen molar-refractivity contribution >= 4 is 35.0 Å². The first-order valence-electron chi connectivity index (χ1n) is 5.58. The van der Waals surface area contributed by atoms with E-state index in [1.165, 1.54) is 12.2 Å². The van der Waals surface area contributed by atoms with Crippen LogP contribution in [0.25, 0.3) is 0 Å². The lowest BCUT2D eigenvalue weighted by molar-refractivity contribution is 0.0949. The SMILES string of the molecule is Nc1cc(Cl)ccc1C(=O)NCC1CCSC1. The standard InChI is InChI=1S/C12H15ClN2OS/c13-9-1-2-10(11(14)5-9)12(16)15-6-8-3-4-17-7-8/h1-2,5,8H,3-4,6-7,14H2,(H,15,16). The smallest absolute Gasteiger partial charge is 0.253 e. The molecule has 3 nitrogen and oxygen atoms in total. The van der Waals surface area contributed by atoms with Gasteiger partial charge in [-0.05, 0) is 42.0 Å². The Morgan fingerprint density at radius 3 is 3.06 bits per heavy atom. The molecule has 0 saturated carbocycles. The molecular weight excluding hydrogens is 256 g/mol. The molecule has 1 aromatic carbocycles. The summed E-state index contributed by atoms with van der Waals surface area (Å²) in [6.45, 7) is 0.730. The molecule has 0 bridgehead atoms. The number of nitrogen functional groups attached to an aromatic ring is 1. The topological polar surface area (TPSA) is 55.1 Å². The molecule has 1 amide bonds. The minimum atomic E-state index is -0.115. The molecule has 1 unspecified atom stereocenters. The third-order valence-corrected chi connectivity index (χ3v) is 4.30. The predicted molar refractivity (Wildman–Crippen MR) is 73.6 cm³/mol. The summed E-state index contributed by atoms with van der Waals surface area (Å²) in [5, 5.41) is 3.47. The van der Waals surface area contributed by atoms with Crippen molar-refractivity contribution in [3.8, 4) is 0 Å². The van der Waals surface area contributed by atoms with Crippen molar-refractivity contribution in [1.29, 1.82) is 0 Å². The Balaban J connectivity index is 1.94. The van der Waals surface area contributed by atoms with E-state index in [1.807, 2.05) is 11.8 Å². The monoisotopic (exact) mass is 270 g/mol. The number of thioether (sulfide) groups is 1. The average molecular weight is 271 g/mol. The lowest BCUT2D eigenvalue weighted by atomic mass is 10.1. The molecule has 0 spiro atoms. The molecular formula is C12H15ClN2OS. The zero-order valence-electron chi connectivity index (χ0n) is 9.41. The van der Waals surface area contributed by atoms with Crippen LogP contribution >= 0.6 is 23.4 Å². The number of amides is 1. The summed E-state index contributed by atoms with van der Waals surface area (Å²) in [6, 6.07) is 4.94. The number of benzene rings is 1. The summed E-state index contributed by atoms with van der Waals surface area (Å²) in [6.07, 6.45) is 1.18. The lowest BCUT2D eigenvalue weighted by Gasteiger charge is -2.11. The van der Waals surface area contributed by atoms with Gasteiger partial charge in [0.05, 0.1) is 5.56 Å². The first-order chi connectivity index (χ1) is 8.16. The molecule has 1 aliphatic rings. The van der Waals surface area contributed by atoms with E-state index < -0.39 is 0 Å². The molecule has 17 heavy (non-hydrogen) atoms. The summed E-state index contributed by atoms with van der Waals surface area (Å²) in [4.78, 5) is 11.9. The molecule has 1 heterocycles. The van der Waals surface area contributed by atoms with Crippen LogP contribution in [0.4, 0.5) is 5.69 Å². The fraction of sp³-hybridized carbons (Fsp3) is 0.417. The van der Waals surface area contributed by atoms with Crippen molar-refractivity contribution in [3.63, 3.8) is 0 Å². The maximum Gasteiger partial charge on any atom is 0.253 e. The van der Waals surface area contributed by atoms with Crippen LogP contribution in [0.5, 0.6) is 0 Å². The number of hydrogen-bond donors (Lipinski definition) is 2. The number of rotatable bonds is 3. The van der Waals surface area contributed by atoms with E-state index in [4.69, 9.17) is 17.3 Å². The van der Waals surface area contributed by atoms with Crippen molar-refractivity contribution < 1.29 is 4.79 Å². The molecule has 0 radical (unpaired) electrons. The van der Waals surface area contributed by atoms with E-state index in [2.05, 4.69) is 5.32 Å². The van der Waals surface area contributed by atoms with Crippen LogP contribution in [0.3, 0.4) is 0 Å². The fourth-order valence-electron chi connectivity index (χ4n) is 1.82. The second-order valence-electron chi connectivity index (χ2n) is 4.17. The Bertz CT molecular complexity index is 419. The average Bonchev–Trinajstić information content (AvgIpc) is 2.78. The van der Waals surface area contributed by atoms with Crippen LogP contribution in [0, 0.1) is 5.92 Å². The fourth-order valence-corrected chi connectivity index (χ4v) is 3.28. The number of nitrogens with one attached hydrogen (secondary N) is 1. The number of anilines is 1. The van der Waals surface area contributed by atoms with E-state index >= 15 is 0 Å². The molecule has 1 atom stereocenters. The van der Waals surface area contributed by atoms with Gasteiger partial charge in [0.1, 0.15) is 0 Å². The van der Waals surface area contributed by atoms with Gasteiger partial charge in [0.2, 0.25) is 0 Å². The van der Waals surface area contributed by atoms with Crippen LogP contribution in [-0.2, 0) is 0 Å². The zero-order chi connectivity index (χ0) is 12.3. The number of carbonyl (C=O) groups excluding carboxylic acids is 1. The highest BCUT2D eigenvalue weighted by Crippen LogP contribution is 2.23.